The van der Waals surface area contributed by atoms with E-state index in [1.54, 1.807) is 11.3 Å². The van der Waals surface area contributed by atoms with Crippen molar-refractivity contribution in [3.63, 3.8) is 0 Å². The summed E-state index contributed by atoms with van der Waals surface area (Å²) in [6, 6.07) is 11.0. The van der Waals surface area contributed by atoms with Crippen LogP contribution in [0.15, 0.2) is 41.1 Å². The van der Waals surface area contributed by atoms with Crippen molar-refractivity contribution >= 4 is 11.3 Å². The van der Waals surface area contributed by atoms with Crippen molar-refractivity contribution < 1.29 is 4.74 Å². The number of rotatable bonds is 8. The molecule has 1 aromatic heterocycles. The first-order chi connectivity index (χ1) is 9.78. The molecule has 3 heteroatoms. The van der Waals surface area contributed by atoms with Gasteiger partial charge in [-0.25, -0.2) is 0 Å². The largest absolute Gasteiger partial charge is 0.494 e. The van der Waals surface area contributed by atoms with Gasteiger partial charge >= 0.3 is 0 Å². The van der Waals surface area contributed by atoms with Crippen molar-refractivity contribution in [1.82, 2.24) is 5.32 Å². The van der Waals surface area contributed by atoms with Crippen molar-refractivity contribution in [1.29, 1.82) is 0 Å². The van der Waals surface area contributed by atoms with Gasteiger partial charge in [-0.3, -0.25) is 0 Å². The lowest BCUT2D eigenvalue weighted by Crippen LogP contribution is -2.27. The summed E-state index contributed by atoms with van der Waals surface area (Å²) in [6.07, 6.45) is 3.33. The van der Waals surface area contributed by atoms with Crippen LogP contribution in [-0.2, 0) is 6.42 Å². The van der Waals surface area contributed by atoms with Gasteiger partial charge in [0.2, 0.25) is 0 Å². The summed E-state index contributed by atoms with van der Waals surface area (Å²) in [5, 5.41) is 7.76. The Morgan fingerprint density at radius 3 is 2.85 bits per heavy atom. The maximum Gasteiger partial charge on any atom is 0.119 e. The molecule has 0 amide bonds. The molecule has 0 spiro atoms. The fourth-order valence-electron chi connectivity index (χ4n) is 2.23. The van der Waals surface area contributed by atoms with Gasteiger partial charge in [0.25, 0.3) is 0 Å². The van der Waals surface area contributed by atoms with Crippen molar-refractivity contribution in [3.8, 4) is 5.75 Å². The summed E-state index contributed by atoms with van der Waals surface area (Å²) in [7, 11) is 2.03. The number of aryl methyl sites for hydroxylation is 2. The second kappa shape index (κ2) is 8.08. The molecule has 0 saturated carbocycles. The molecule has 1 N–H and O–H groups in total. The highest BCUT2D eigenvalue weighted by atomic mass is 32.1. The van der Waals surface area contributed by atoms with E-state index in [0.717, 1.165) is 31.6 Å². The van der Waals surface area contributed by atoms with Gasteiger partial charge in [-0.2, -0.15) is 11.3 Å². The van der Waals surface area contributed by atoms with Crippen LogP contribution in [0.5, 0.6) is 5.75 Å². The zero-order valence-corrected chi connectivity index (χ0v) is 13.1. The van der Waals surface area contributed by atoms with E-state index >= 15 is 0 Å². The van der Waals surface area contributed by atoms with Crippen LogP contribution in [0.25, 0.3) is 0 Å². The van der Waals surface area contributed by atoms with Gasteiger partial charge in [-0.1, -0.05) is 12.1 Å². The SMILES string of the molecule is CNC(CCOc1cccc(C)c1)CCc1ccsc1. The van der Waals surface area contributed by atoms with Crippen LogP contribution in [0.3, 0.4) is 0 Å². The van der Waals surface area contributed by atoms with Crippen LogP contribution in [0.1, 0.15) is 24.0 Å². The van der Waals surface area contributed by atoms with Gasteiger partial charge in [0.05, 0.1) is 6.61 Å². The van der Waals surface area contributed by atoms with E-state index in [0.29, 0.717) is 6.04 Å². The molecule has 1 atom stereocenters. The molecule has 0 saturated heterocycles. The van der Waals surface area contributed by atoms with Gasteiger partial charge in [-0.15, -0.1) is 0 Å². The highest BCUT2D eigenvalue weighted by Crippen LogP contribution is 2.14. The number of ether oxygens (including phenoxy) is 1. The third-order valence-corrected chi connectivity index (χ3v) is 4.23. The second-order valence-electron chi connectivity index (χ2n) is 5.11. The van der Waals surface area contributed by atoms with Crippen LogP contribution in [0.4, 0.5) is 0 Å². The molecule has 20 heavy (non-hydrogen) atoms. The summed E-state index contributed by atoms with van der Waals surface area (Å²) in [5.74, 6) is 0.970. The Balaban J connectivity index is 1.70. The van der Waals surface area contributed by atoms with E-state index in [1.165, 1.54) is 11.1 Å². The maximum atomic E-state index is 5.82. The molecule has 2 rings (SSSR count). The van der Waals surface area contributed by atoms with E-state index in [9.17, 15) is 0 Å². The van der Waals surface area contributed by atoms with Crippen LogP contribution in [-0.4, -0.2) is 19.7 Å². The molecule has 108 valence electrons. The Kier molecular flexibility index (Phi) is 6.09. The first-order valence-electron chi connectivity index (χ1n) is 7.15. The molecule has 0 fully saturated rings. The molecule has 0 aliphatic carbocycles. The minimum atomic E-state index is 0.514. The maximum absolute atomic E-state index is 5.82. The lowest BCUT2D eigenvalue weighted by Gasteiger charge is -2.16. The molecule has 2 nitrogen and oxygen atoms in total. The van der Waals surface area contributed by atoms with Crippen molar-refractivity contribution in [2.75, 3.05) is 13.7 Å². The second-order valence-corrected chi connectivity index (χ2v) is 5.89. The van der Waals surface area contributed by atoms with Crippen LogP contribution >= 0.6 is 11.3 Å². The summed E-state index contributed by atoms with van der Waals surface area (Å²) in [6.45, 7) is 2.85. The van der Waals surface area contributed by atoms with Gasteiger partial charge in [0, 0.05) is 6.04 Å². The predicted octanol–water partition coefficient (Wildman–Crippen LogP) is 4.05. The van der Waals surface area contributed by atoms with E-state index in [1.807, 2.05) is 19.2 Å². The summed E-state index contributed by atoms with van der Waals surface area (Å²) in [5.41, 5.74) is 2.68. The molecule has 0 aliphatic heterocycles. The van der Waals surface area contributed by atoms with Crippen LogP contribution in [0, 0.1) is 6.92 Å². The molecule has 0 aliphatic rings. The number of hydrogen-bond donors (Lipinski definition) is 1. The highest BCUT2D eigenvalue weighted by molar-refractivity contribution is 7.07. The van der Waals surface area contributed by atoms with Gasteiger partial charge < -0.3 is 10.1 Å². The monoisotopic (exact) mass is 289 g/mol. The normalized spacial score (nSPS) is 12.3. The standard InChI is InChI=1S/C17H23NOS/c1-14-4-3-5-17(12-14)19-10-8-16(18-2)7-6-15-9-11-20-13-15/h3-5,9,11-13,16,18H,6-8,10H2,1-2H3. The molecule has 1 unspecified atom stereocenters. The average molecular weight is 289 g/mol. The fraction of sp³-hybridized carbons (Fsp3) is 0.412. The highest BCUT2D eigenvalue weighted by Gasteiger charge is 2.07. The fourth-order valence-corrected chi connectivity index (χ4v) is 2.94. The van der Waals surface area contributed by atoms with Crippen LogP contribution in [0.2, 0.25) is 0 Å². The first kappa shape index (κ1) is 15.1. The van der Waals surface area contributed by atoms with E-state index in [4.69, 9.17) is 4.74 Å². The Morgan fingerprint density at radius 1 is 1.25 bits per heavy atom. The Morgan fingerprint density at radius 2 is 2.15 bits per heavy atom. The van der Waals surface area contributed by atoms with E-state index < -0.39 is 0 Å². The number of benzene rings is 1. The molecule has 2 aromatic rings. The quantitative estimate of drug-likeness (QED) is 0.791. The first-order valence-corrected chi connectivity index (χ1v) is 8.10. The Bertz CT molecular complexity index is 495. The number of nitrogens with one attached hydrogen (secondary N) is 1. The molecular formula is C17H23NOS. The third kappa shape index (κ3) is 4.99. The zero-order valence-electron chi connectivity index (χ0n) is 12.3. The van der Waals surface area contributed by atoms with Crippen molar-refractivity contribution in [2.45, 2.75) is 32.2 Å². The lowest BCUT2D eigenvalue weighted by molar-refractivity contribution is 0.285. The predicted molar refractivity (Wildman–Crippen MR) is 86.8 cm³/mol. The van der Waals surface area contributed by atoms with Gasteiger partial charge in [-0.05, 0) is 73.3 Å². The summed E-state index contributed by atoms with van der Waals surface area (Å²) >= 11 is 1.77. The van der Waals surface area contributed by atoms with Crippen molar-refractivity contribution in [2.24, 2.45) is 0 Å². The number of thiophene rings is 1. The Hall–Kier alpha value is -1.32. The minimum Gasteiger partial charge on any atom is -0.494 e. The van der Waals surface area contributed by atoms with Crippen molar-refractivity contribution in [3.05, 3.63) is 52.2 Å². The zero-order chi connectivity index (χ0) is 14.2. The van der Waals surface area contributed by atoms with Crippen LogP contribution < -0.4 is 10.1 Å². The Labute approximate surface area is 125 Å². The summed E-state index contributed by atoms with van der Waals surface area (Å²) in [4.78, 5) is 0. The van der Waals surface area contributed by atoms with Gasteiger partial charge in [0.1, 0.15) is 5.75 Å². The molecule has 1 heterocycles. The minimum absolute atomic E-state index is 0.514. The average Bonchev–Trinajstić information content (AvgIpc) is 2.96. The van der Waals surface area contributed by atoms with Gasteiger partial charge in [0.15, 0.2) is 0 Å². The molecule has 0 bridgehead atoms. The molecule has 0 radical (unpaired) electrons. The number of hydrogen-bond acceptors (Lipinski definition) is 3. The van der Waals surface area contributed by atoms with E-state index in [2.05, 4.69) is 41.2 Å². The summed E-state index contributed by atoms with van der Waals surface area (Å²) < 4.78 is 5.82. The molecular weight excluding hydrogens is 266 g/mol. The third-order valence-electron chi connectivity index (χ3n) is 3.49. The molecule has 1 aromatic carbocycles. The smallest absolute Gasteiger partial charge is 0.119 e. The topological polar surface area (TPSA) is 21.3 Å². The lowest BCUT2D eigenvalue weighted by atomic mass is 10.1. The van der Waals surface area contributed by atoms with E-state index in [-0.39, 0.29) is 0 Å².